The Labute approximate surface area is 161 Å². The summed E-state index contributed by atoms with van der Waals surface area (Å²) < 4.78 is 70.2. The molecule has 6 nitrogen and oxygen atoms in total. The Morgan fingerprint density at radius 3 is 2.29 bits per heavy atom. The predicted octanol–water partition coefficient (Wildman–Crippen LogP) is 3.80. The monoisotopic (exact) mass is 421 g/mol. The summed E-state index contributed by atoms with van der Waals surface area (Å²) in [6.45, 7) is 3.80. The maximum absolute atomic E-state index is 13.7. The van der Waals surface area contributed by atoms with Crippen LogP contribution in [0.2, 0.25) is 0 Å². The molecule has 2 saturated heterocycles. The molecule has 1 aromatic carbocycles. The lowest BCUT2D eigenvalue weighted by molar-refractivity contribution is -0.151. The van der Waals surface area contributed by atoms with Crippen molar-refractivity contribution in [2.75, 3.05) is 26.4 Å². The van der Waals surface area contributed by atoms with Crippen molar-refractivity contribution >= 4 is 13.5 Å². The second-order valence-electron chi connectivity index (χ2n) is 6.72. The summed E-state index contributed by atoms with van der Waals surface area (Å²) in [6.07, 6.45) is 0.767. The summed E-state index contributed by atoms with van der Waals surface area (Å²) >= 11 is 0. The van der Waals surface area contributed by atoms with Gasteiger partial charge in [0, 0.05) is 0 Å². The first kappa shape index (κ1) is 21.3. The topological polar surface area (TPSA) is 65.1 Å². The fourth-order valence-electron chi connectivity index (χ4n) is 3.83. The average Bonchev–Trinajstić information content (AvgIpc) is 2.66. The number of carbonyl (C=O) groups is 1. The first-order chi connectivity index (χ1) is 13.3. The minimum atomic E-state index is -3.70. The minimum Gasteiger partial charge on any atom is -0.377 e. The van der Waals surface area contributed by atoms with Gasteiger partial charge >= 0.3 is 7.60 Å². The molecule has 2 fully saturated rings. The van der Waals surface area contributed by atoms with Crippen LogP contribution in [0, 0.1) is 17.5 Å². The van der Waals surface area contributed by atoms with Gasteiger partial charge in [0.25, 0.3) is 0 Å². The Morgan fingerprint density at radius 2 is 1.71 bits per heavy atom. The number of piperidine rings is 1. The predicted molar refractivity (Wildman–Crippen MR) is 94.4 cm³/mol. The van der Waals surface area contributed by atoms with Crippen LogP contribution in [0.5, 0.6) is 0 Å². The number of morpholine rings is 1. The van der Waals surface area contributed by atoms with Crippen molar-refractivity contribution in [3.63, 3.8) is 0 Å². The van der Waals surface area contributed by atoms with E-state index >= 15 is 0 Å². The third-order valence-corrected chi connectivity index (χ3v) is 7.50. The van der Waals surface area contributed by atoms with E-state index in [0.717, 1.165) is 12.1 Å². The molecule has 0 spiro atoms. The molecule has 0 bridgehead atoms. The highest BCUT2D eigenvalue weighted by molar-refractivity contribution is 7.55. The lowest BCUT2D eigenvalue weighted by Gasteiger charge is -2.47. The Hall–Kier alpha value is -1.41. The van der Waals surface area contributed by atoms with Gasteiger partial charge in [-0.2, -0.15) is 0 Å². The summed E-state index contributed by atoms with van der Waals surface area (Å²) in [7, 11) is -3.70. The Morgan fingerprint density at radius 1 is 1.11 bits per heavy atom. The summed E-state index contributed by atoms with van der Waals surface area (Å²) in [5.41, 5.74) is -0.919. The lowest BCUT2D eigenvalue weighted by atomic mass is 9.94. The maximum atomic E-state index is 13.7. The zero-order valence-corrected chi connectivity index (χ0v) is 16.6. The maximum Gasteiger partial charge on any atom is 0.343 e. The van der Waals surface area contributed by atoms with Gasteiger partial charge in [-0.15, -0.1) is 0 Å². The van der Waals surface area contributed by atoms with Crippen LogP contribution in [-0.2, 0) is 23.1 Å². The van der Waals surface area contributed by atoms with E-state index in [0.29, 0.717) is 12.8 Å². The van der Waals surface area contributed by atoms with Crippen LogP contribution in [0.15, 0.2) is 12.1 Å². The van der Waals surface area contributed by atoms with Crippen LogP contribution in [-0.4, -0.2) is 48.9 Å². The van der Waals surface area contributed by atoms with Crippen LogP contribution in [0.4, 0.5) is 13.2 Å². The number of benzene rings is 1. The van der Waals surface area contributed by atoms with Crippen molar-refractivity contribution in [1.29, 1.82) is 0 Å². The molecule has 0 aromatic heterocycles. The lowest BCUT2D eigenvalue weighted by Crippen LogP contribution is -2.57. The molecule has 10 heteroatoms. The van der Waals surface area contributed by atoms with Crippen LogP contribution in [0.3, 0.4) is 0 Å². The summed E-state index contributed by atoms with van der Waals surface area (Å²) in [6, 6.07) is 0.554. The third kappa shape index (κ3) is 3.85. The zero-order chi connectivity index (χ0) is 20.5. The van der Waals surface area contributed by atoms with Crippen molar-refractivity contribution in [2.24, 2.45) is 0 Å². The average molecular weight is 421 g/mol. The van der Waals surface area contributed by atoms with Crippen LogP contribution in [0.25, 0.3) is 0 Å². The number of nitrogens with zero attached hydrogens (tertiary/aromatic N) is 1. The summed E-state index contributed by atoms with van der Waals surface area (Å²) in [5, 5.41) is 0. The van der Waals surface area contributed by atoms with Gasteiger partial charge in [-0.3, -0.25) is 9.36 Å². The molecule has 2 heterocycles. The van der Waals surface area contributed by atoms with E-state index in [4.69, 9.17) is 13.8 Å². The van der Waals surface area contributed by atoms with Gasteiger partial charge in [-0.1, -0.05) is 0 Å². The second-order valence-corrected chi connectivity index (χ2v) is 8.94. The molecule has 156 valence electrons. The molecule has 3 rings (SSSR count). The molecule has 3 atom stereocenters. The van der Waals surface area contributed by atoms with E-state index in [9.17, 15) is 22.5 Å². The molecule has 0 N–H and O–H groups in total. The van der Waals surface area contributed by atoms with E-state index in [1.807, 2.05) is 0 Å². The summed E-state index contributed by atoms with van der Waals surface area (Å²) in [5.74, 6) is -4.73. The molecule has 28 heavy (non-hydrogen) atoms. The molecule has 0 radical (unpaired) electrons. The van der Waals surface area contributed by atoms with E-state index < -0.39 is 42.7 Å². The molecule has 1 amide bonds. The normalized spacial score (nSPS) is 25.7. The highest BCUT2D eigenvalue weighted by Crippen LogP contribution is 2.57. The van der Waals surface area contributed by atoms with E-state index in [2.05, 4.69) is 0 Å². The van der Waals surface area contributed by atoms with Crippen molar-refractivity contribution in [1.82, 2.24) is 4.90 Å². The van der Waals surface area contributed by atoms with Crippen molar-refractivity contribution in [3.8, 4) is 0 Å². The largest absolute Gasteiger partial charge is 0.377 e. The van der Waals surface area contributed by atoms with E-state index in [1.165, 1.54) is 4.90 Å². The third-order valence-electron chi connectivity index (χ3n) is 5.02. The fourth-order valence-corrected chi connectivity index (χ4v) is 5.85. The first-order valence-electron chi connectivity index (χ1n) is 9.25. The van der Waals surface area contributed by atoms with Crippen molar-refractivity contribution < 1.29 is 36.3 Å². The second kappa shape index (κ2) is 8.53. The Balaban J connectivity index is 1.96. The highest BCUT2D eigenvalue weighted by Gasteiger charge is 2.50. The number of hydrogen-bond donors (Lipinski definition) is 0. The number of fused-ring (bicyclic) bond motifs is 1. The molecule has 2 aliphatic heterocycles. The molecule has 0 saturated carbocycles. The van der Waals surface area contributed by atoms with Gasteiger partial charge in [0.2, 0.25) is 5.91 Å². The Bertz CT molecular complexity index is 759. The van der Waals surface area contributed by atoms with Gasteiger partial charge in [-0.05, 0) is 44.4 Å². The molecule has 2 aliphatic rings. The molecule has 1 aromatic rings. The number of ether oxygens (including phenoxy) is 1. The van der Waals surface area contributed by atoms with Gasteiger partial charge in [0.05, 0.1) is 38.5 Å². The molecular weight excluding hydrogens is 398 g/mol. The quantitative estimate of drug-likeness (QED) is 0.517. The number of amides is 1. The molecule has 1 unspecified atom stereocenters. The van der Waals surface area contributed by atoms with Gasteiger partial charge in [0.1, 0.15) is 5.66 Å². The van der Waals surface area contributed by atoms with Crippen LogP contribution in [0.1, 0.15) is 38.3 Å². The van der Waals surface area contributed by atoms with Gasteiger partial charge in [-0.25, -0.2) is 13.2 Å². The number of halogens is 3. The number of carbonyl (C=O) groups excluding carboxylic acids is 1. The smallest absolute Gasteiger partial charge is 0.343 e. The molecular formula is C18H23F3NO5P. The highest BCUT2D eigenvalue weighted by atomic mass is 31.2. The minimum absolute atomic E-state index is 0.00690. The van der Waals surface area contributed by atoms with Crippen molar-refractivity contribution in [3.05, 3.63) is 35.1 Å². The molecule has 0 aliphatic carbocycles. The SMILES string of the molecule is CCOP(=O)(OCC)C1CC[C@H]2COC[C@@H](c3cc(F)c(F)c(F)c3)N2C1=O. The van der Waals surface area contributed by atoms with Crippen LogP contribution >= 0.6 is 7.60 Å². The fraction of sp³-hybridized carbons (Fsp3) is 0.611. The van der Waals surface area contributed by atoms with Crippen LogP contribution < -0.4 is 0 Å². The number of rotatable bonds is 6. The zero-order valence-electron chi connectivity index (χ0n) is 15.7. The van der Waals surface area contributed by atoms with E-state index in [-0.39, 0.29) is 38.0 Å². The summed E-state index contributed by atoms with van der Waals surface area (Å²) in [4.78, 5) is 14.7. The van der Waals surface area contributed by atoms with Crippen molar-refractivity contribution in [2.45, 2.75) is 44.4 Å². The van der Waals surface area contributed by atoms with Gasteiger partial charge in [0.15, 0.2) is 17.5 Å². The number of hydrogen-bond acceptors (Lipinski definition) is 5. The van der Waals surface area contributed by atoms with E-state index in [1.54, 1.807) is 13.8 Å². The first-order valence-corrected chi connectivity index (χ1v) is 10.9. The Kier molecular flexibility index (Phi) is 6.49. The van der Waals surface area contributed by atoms with Gasteiger partial charge < -0.3 is 18.7 Å². The standard InChI is InChI=1S/C18H23F3NO5P/c1-3-26-28(24,27-4-2)16-6-5-12-9-25-10-15(22(12)18(16)23)11-7-13(19)17(21)14(20)8-11/h7-8,12,15-16H,3-6,9-10H2,1-2H3/t12-,15-,16?/m0/s1.